The largest absolute Gasteiger partial charge is 0.480 e. The maximum absolute atomic E-state index is 10.3. The van der Waals surface area contributed by atoms with Gasteiger partial charge >= 0.3 is 5.97 Å². The molecule has 0 aliphatic carbocycles. The predicted molar refractivity (Wildman–Crippen MR) is 64.1 cm³/mol. The lowest BCUT2D eigenvalue weighted by atomic mass is 10.00. The molecule has 0 aliphatic heterocycles. The second-order valence-electron chi connectivity index (χ2n) is 4.17. The summed E-state index contributed by atoms with van der Waals surface area (Å²) in [6.45, 7) is 3.92. The Balaban J connectivity index is 2.47. The molecule has 0 saturated heterocycles. The molecule has 1 rings (SSSR count). The van der Waals surface area contributed by atoms with E-state index in [9.17, 15) is 4.79 Å². The van der Waals surface area contributed by atoms with Gasteiger partial charge in [-0.1, -0.05) is 26.7 Å². The van der Waals surface area contributed by atoms with E-state index in [1.165, 1.54) is 0 Å². The molecule has 1 atom stereocenters. The lowest BCUT2D eigenvalue weighted by Gasteiger charge is -2.08. The van der Waals surface area contributed by atoms with E-state index in [4.69, 9.17) is 14.3 Å². The third-order valence-electron chi connectivity index (χ3n) is 2.68. The monoisotopic (exact) mass is 256 g/mol. The van der Waals surface area contributed by atoms with Gasteiger partial charge in [0, 0.05) is 5.92 Å². The van der Waals surface area contributed by atoms with Crippen LogP contribution in [0.3, 0.4) is 0 Å². The number of hydrogen-bond acceptors (Lipinski definition) is 5. The standard InChI is InChI=1S/C12H20N2O4/c1-3-5-6-9(4-2)12-14-13-10(18-12)7-17-8-11(15)16/h9H,3-8H2,1-2H3,(H,15,16). The summed E-state index contributed by atoms with van der Waals surface area (Å²) < 4.78 is 10.4. The van der Waals surface area contributed by atoms with Crippen LogP contribution in [-0.4, -0.2) is 27.9 Å². The first kappa shape index (κ1) is 14.6. The number of unbranched alkanes of at least 4 members (excludes halogenated alkanes) is 1. The number of hydrogen-bond donors (Lipinski definition) is 1. The van der Waals surface area contributed by atoms with Gasteiger partial charge in [0.15, 0.2) is 0 Å². The lowest BCUT2D eigenvalue weighted by molar-refractivity contribution is -0.142. The van der Waals surface area contributed by atoms with Crippen molar-refractivity contribution in [3.63, 3.8) is 0 Å². The van der Waals surface area contributed by atoms with Crippen LogP contribution in [0.5, 0.6) is 0 Å². The SMILES string of the molecule is CCCCC(CC)c1nnc(COCC(=O)O)o1. The molecule has 1 unspecified atom stereocenters. The second kappa shape index (κ2) is 7.81. The molecule has 0 amide bonds. The molecule has 18 heavy (non-hydrogen) atoms. The van der Waals surface area contributed by atoms with Gasteiger partial charge < -0.3 is 14.3 Å². The van der Waals surface area contributed by atoms with Crippen LogP contribution in [0, 0.1) is 0 Å². The highest BCUT2D eigenvalue weighted by Crippen LogP contribution is 2.24. The molecule has 1 aromatic heterocycles. The van der Waals surface area contributed by atoms with E-state index in [0.717, 1.165) is 25.7 Å². The van der Waals surface area contributed by atoms with Crippen LogP contribution in [0.15, 0.2) is 4.42 Å². The molecule has 0 aliphatic rings. The van der Waals surface area contributed by atoms with E-state index < -0.39 is 5.97 Å². The summed E-state index contributed by atoms with van der Waals surface area (Å²) in [5.41, 5.74) is 0. The van der Waals surface area contributed by atoms with Crippen molar-refractivity contribution in [1.82, 2.24) is 10.2 Å². The highest BCUT2D eigenvalue weighted by atomic mass is 16.5. The zero-order valence-electron chi connectivity index (χ0n) is 10.9. The molecule has 0 spiro atoms. The summed E-state index contributed by atoms with van der Waals surface area (Å²) in [5, 5.41) is 16.3. The van der Waals surface area contributed by atoms with E-state index in [1.54, 1.807) is 0 Å². The predicted octanol–water partition coefficient (Wildman–Crippen LogP) is 2.35. The number of carboxylic acids is 1. The van der Waals surface area contributed by atoms with Gasteiger partial charge in [-0.05, 0) is 12.8 Å². The van der Waals surface area contributed by atoms with Crippen molar-refractivity contribution in [1.29, 1.82) is 0 Å². The molecule has 6 nitrogen and oxygen atoms in total. The lowest BCUT2D eigenvalue weighted by Crippen LogP contribution is -2.06. The molecule has 0 fully saturated rings. The van der Waals surface area contributed by atoms with Gasteiger partial charge in [-0.25, -0.2) is 4.79 Å². The minimum Gasteiger partial charge on any atom is -0.480 e. The first-order chi connectivity index (χ1) is 8.67. The first-order valence-corrected chi connectivity index (χ1v) is 6.29. The third-order valence-corrected chi connectivity index (χ3v) is 2.68. The van der Waals surface area contributed by atoms with Gasteiger partial charge in [0.25, 0.3) is 0 Å². The maximum atomic E-state index is 10.3. The van der Waals surface area contributed by atoms with Crippen molar-refractivity contribution in [3.8, 4) is 0 Å². The number of aliphatic carboxylic acids is 1. The van der Waals surface area contributed by atoms with Crippen molar-refractivity contribution < 1.29 is 19.1 Å². The molecule has 102 valence electrons. The van der Waals surface area contributed by atoms with Crippen LogP contribution >= 0.6 is 0 Å². The molecule has 0 bridgehead atoms. The summed E-state index contributed by atoms with van der Waals surface area (Å²) in [5.74, 6) is 0.232. The number of ether oxygens (including phenoxy) is 1. The van der Waals surface area contributed by atoms with Crippen LogP contribution in [0.1, 0.15) is 57.2 Å². The van der Waals surface area contributed by atoms with Gasteiger partial charge in [-0.3, -0.25) is 0 Å². The van der Waals surface area contributed by atoms with Crippen LogP contribution in [0.4, 0.5) is 0 Å². The van der Waals surface area contributed by atoms with Gasteiger partial charge in [0.05, 0.1) is 0 Å². The van der Waals surface area contributed by atoms with Gasteiger partial charge in [-0.2, -0.15) is 0 Å². The van der Waals surface area contributed by atoms with E-state index in [-0.39, 0.29) is 19.1 Å². The summed E-state index contributed by atoms with van der Waals surface area (Å²) >= 11 is 0. The fourth-order valence-electron chi connectivity index (χ4n) is 1.67. The van der Waals surface area contributed by atoms with Crippen molar-refractivity contribution in [2.45, 2.75) is 52.1 Å². The fraction of sp³-hybridized carbons (Fsp3) is 0.750. The molecule has 0 saturated carbocycles. The van der Waals surface area contributed by atoms with Gasteiger partial charge in [0.1, 0.15) is 13.2 Å². The topological polar surface area (TPSA) is 85.5 Å². The molecule has 1 heterocycles. The smallest absolute Gasteiger partial charge is 0.329 e. The normalized spacial score (nSPS) is 12.6. The Bertz CT molecular complexity index is 365. The van der Waals surface area contributed by atoms with Crippen LogP contribution < -0.4 is 0 Å². The van der Waals surface area contributed by atoms with E-state index in [2.05, 4.69) is 24.0 Å². The van der Waals surface area contributed by atoms with Crippen molar-refractivity contribution in [2.75, 3.05) is 6.61 Å². The first-order valence-electron chi connectivity index (χ1n) is 6.29. The fourth-order valence-corrected chi connectivity index (χ4v) is 1.67. The highest BCUT2D eigenvalue weighted by Gasteiger charge is 2.16. The Labute approximate surface area is 106 Å². The Kier molecular flexibility index (Phi) is 6.35. The second-order valence-corrected chi connectivity index (χ2v) is 4.17. The minimum absolute atomic E-state index is 0.0452. The zero-order valence-corrected chi connectivity index (χ0v) is 10.9. The number of carbonyl (C=O) groups is 1. The third kappa shape index (κ3) is 4.83. The Morgan fingerprint density at radius 1 is 1.44 bits per heavy atom. The zero-order chi connectivity index (χ0) is 13.4. The summed E-state index contributed by atoms with van der Waals surface area (Å²) in [4.78, 5) is 10.3. The summed E-state index contributed by atoms with van der Waals surface area (Å²) in [7, 11) is 0. The average Bonchev–Trinajstić information content (AvgIpc) is 2.78. The summed E-state index contributed by atoms with van der Waals surface area (Å²) in [6, 6.07) is 0. The Morgan fingerprint density at radius 2 is 2.22 bits per heavy atom. The Hall–Kier alpha value is -1.43. The summed E-state index contributed by atoms with van der Waals surface area (Å²) in [6.07, 6.45) is 4.26. The Morgan fingerprint density at radius 3 is 2.83 bits per heavy atom. The molecule has 0 aromatic carbocycles. The number of carboxylic acid groups (broad SMARTS) is 1. The minimum atomic E-state index is -1.01. The number of rotatable bonds is 9. The number of aromatic nitrogens is 2. The molecular formula is C12H20N2O4. The molecule has 6 heteroatoms. The molecule has 1 N–H and O–H groups in total. The average molecular weight is 256 g/mol. The van der Waals surface area contributed by atoms with Crippen LogP contribution in [-0.2, 0) is 16.1 Å². The molecule has 0 radical (unpaired) electrons. The maximum Gasteiger partial charge on any atom is 0.329 e. The van der Waals surface area contributed by atoms with Gasteiger partial charge in [0.2, 0.25) is 11.8 Å². The van der Waals surface area contributed by atoms with E-state index in [1.807, 2.05) is 0 Å². The van der Waals surface area contributed by atoms with Crippen LogP contribution in [0.25, 0.3) is 0 Å². The van der Waals surface area contributed by atoms with Crippen molar-refractivity contribution >= 4 is 5.97 Å². The van der Waals surface area contributed by atoms with E-state index in [0.29, 0.717) is 11.8 Å². The quantitative estimate of drug-likeness (QED) is 0.730. The van der Waals surface area contributed by atoms with Crippen LogP contribution in [0.2, 0.25) is 0 Å². The molecule has 1 aromatic rings. The van der Waals surface area contributed by atoms with Crippen molar-refractivity contribution in [2.24, 2.45) is 0 Å². The highest BCUT2D eigenvalue weighted by molar-refractivity contribution is 5.67. The van der Waals surface area contributed by atoms with Gasteiger partial charge in [-0.15, -0.1) is 10.2 Å². The van der Waals surface area contributed by atoms with Crippen molar-refractivity contribution in [3.05, 3.63) is 11.8 Å². The van der Waals surface area contributed by atoms with E-state index >= 15 is 0 Å². The molecular weight excluding hydrogens is 236 g/mol. The number of nitrogens with zero attached hydrogens (tertiary/aromatic N) is 2.